The van der Waals surface area contributed by atoms with E-state index in [4.69, 9.17) is 27.9 Å². The fourth-order valence-electron chi connectivity index (χ4n) is 2.53. The molecule has 4 heteroatoms. The Labute approximate surface area is 127 Å². The van der Waals surface area contributed by atoms with E-state index in [9.17, 15) is 5.11 Å². The molecule has 104 valence electrons. The monoisotopic (exact) mass is 308 g/mol. The van der Waals surface area contributed by atoms with Crippen LogP contribution in [0.4, 0.5) is 0 Å². The van der Waals surface area contributed by atoms with Crippen molar-refractivity contribution < 1.29 is 9.84 Å². The van der Waals surface area contributed by atoms with Gasteiger partial charge in [-0.3, -0.25) is 0 Å². The molecule has 2 aromatic carbocycles. The quantitative estimate of drug-likeness (QED) is 0.891. The Morgan fingerprint density at radius 2 is 1.80 bits per heavy atom. The molecular formula is C16H14Cl2O2. The number of benzene rings is 2. The highest BCUT2D eigenvalue weighted by molar-refractivity contribution is 6.42. The Morgan fingerprint density at radius 3 is 2.65 bits per heavy atom. The van der Waals surface area contributed by atoms with Gasteiger partial charge in [0.1, 0.15) is 11.9 Å². The maximum atomic E-state index is 10.6. The van der Waals surface area contributed by atoms with Crippen LogP contribution in [-0.4, -0.2) is 11.7 Å². The van der Waals surface area contributed by atoms with E-state index in [2.05, 4.69) is 0 Å². The van der Waals surface area contributed by atoms with E-state index in [1.807, 2.05) is 18.2 Å². The van der Waals surface area contributed by atoms with Crippen LogP contribution in [0, 0.1) is 0 Å². The SMILES string of the molecule is OC(c1cccc(Cl)c1Cl)c1cccc2c1OCCC2. The number of halogens is 2. The minimum atomic E-state index is -0.839. The summed E-state index contributed by atoms with van der Waals surface area (Å²) in [5.41, 5.74) is 2.47. The molecule has 1 unspecified atom stereocenters. The molecule has 1 heterocycles. The molecule has 0 saturated heterocycles. The van der Waals surface area contributed by atoms with Gasteiger partial charge in [0, 0.05) is 11.1 Å². The lowest BCUT2D eigenvalue weighted by molar-refractivity contribution is 0.207. The number of rotatable bonds is 2. The van der Waals surface area contributed by atoms with Gasteiger partial charge in [0.05, 0.1) is 16.7 Å². The second-order valence-corrected chi connectivity index (χ2v) is 5.62. The summed E-state index contributed by atoms with van der Waals surface area (Å²) in [6.07, 6.45) is 1.14. The Morgan fingerprint density at radius 1 is 1.05 bits per heavy atom. The molecular weight excluding hydrogens is 295 g/mol. The Bertz CT molecular complexity index is 640. The minimum Gasteiger partial charge on any atom is -0.493 e. The van der Waals surface area contributed by atoms with Gasteiger partial charge in [0.2, 0.25) is 0 Å². The Kier molecular flexibility index (Phi) is 3.88. The van der Waals surface area contributed by atoms with E-state index in [0.29, 0.717) is 22.2 Å². The summed E-state index contributed by atoms with van der Waals surface area (Å²) in [4.78, 5) is 0. The lowest BCUT2D eigenvalue weighted by Crippen LogP contribution is -2.12. The Balaban J connectivity index is 2.07. The van der Waals surface area contributed by atoms with Gasteiger partial charge in [-0.25, -0.2) is 0 Å². The molecule has 0 saturated carbocycles. The first kappa shape index (κ1) is 13.7. The molecule has 0 bridgehead atoms. The summed E-state index contributed by atoms with van der Waals surface area (Å²) in [5.74, 6) is 0.780. The van der Waals surface area contributed by atoms with Crippen molar-refractivity contribution in [3.8, 4) is 5.75 Å². The summed E-state index contributed by atoms with van der Waals surface area (Å²) in [5, 5.41) is 11.5. The zero-order valence-corrected chi connectivity index (χ0v) is 12.3. The summed E-state index contributed by atoms with van der Waals surface area (Å²) in [7, 11) is 0. The standard InChI is InChI=1S/C16H14Cl2O2/c17-13-8-2-6-11(14(13)18)15(19)12-7-1-4-10-5-3-9-20-16(10)12/h1-2,4,6-8,15,19H,3,5,9H2. The van der Waals surface area contributed by atoms with Crippen LogP contribution in [0.2, 0.25) is 10.0 Å². The molecule has 1 N–H and O–H groups in total. The number of ether oxygens (including phenoxy) is 1. The van der Waals surface area contributed by atoms with E-state index in [0.717, 1.165) is 29.7 Å². The molecule has 2 aromatic rings. The number of aryl methyl sites for hydroxylation is 1. The van der Waals surface area contributed by atoms with Crippen LogP contribution in [0.3, 0.4) is 0 Å². The Hall–Kier alpha value is -1.22. The molecule has 0 aliphatic carbocycles. The molecule has 1 aliphatic rings. The molecule has 0 radical (unpaired) electrons. The van der Waals surface area contributed by atoms with E-state index < -0.39 is 6.10 Å². The van der Waals surface area contributed by atoms with Crippen LogP contribution in [0.25, 0.3) is 0 Å². The van der Waals surface area contributed by atoms with Crippen LogP contribution in [0.15, 0.2) is 36.4 Å². The van der Waals surface area contributed by atoms with E-state index in [1.165, 1.54) is 0 Å². The first-order valence-electron chi connectivity index (χ1n) is 6.55. The van der Waals surface area contributed by atoms with Crippen molar-refractivity contribution in [3.63, 3.8) is 0 Å². The minimum absolute atomic E-state index is 0.384. The van der Waals surface area contributed by atoms with Gasteiger partial charge in [-0.15, -0.1) is 0 Å². The normalized spacial score (nSPS) is 15.3. The van der Waals surface area contributed by atoms with Crippen molar-refractivity contribution >= 4 is 23.2 Å². The molecule has 0 fully saturated rings. The molecule has 2 nitrogen and oxygen atoms in total. The lowest BCUT2D eigenvalue weighted by atomic mass is 9.95. The largest absolute Gasteiger partial charge is 0.493 e. The highest BCUT2D eigenvalue weighted by atomic mass is 35.5. The zero-order chi connectivity index (χ0) is 14.1. The lowest BCUT2D eigenvalue weighted by Gasteiger charge is -2.23. The van der Waals surface area contributed by atoms with Crippen molar-refractivity contribution in [3.05, 3.63) is 63.1 Å². The van der Waals surface area contributed by atoms with Crippen molar-refractivity contribution in [1.82, 2.24) is 0 Å². The third kappa shape index (κ3) is 2.39. The molecule has 0 amide bonds. The first-order chi connectivity index (χ1) is 9.68. The van der Waals surface area contributed by atoms with Gasteiger partial charge in [0.15, 0.2) is 0 Å². The van der Waals surface area contributed by atoms with Crippen molar-refractivity contribution in [2.45, 2.75) is 18.9 Å². The average Bonchev–Trinajstić information content (AvgIpc) is 2.49. The zero-order valence-electron chi connectivity index (χ0n) is 10.8. The van der Waals surface area contributed by atoms with Crippen molar-refractivity contribution in [1.29, 1.82) is 0 Å². The van der Waals surface area contributed by atoms with Gasteiger partial charge >= 0.3 is 0 Å². The van der Waals surface area contributed by atoms with Gasteiger partial charge in [-0.05, 0) is 24.5 Å². The number of hydrogen-bond donors (Lipinski definition) is 1. The second kappa shape index (κ2) is 5.65. The van der Waals surface area contributed by atoms with Gasteiger partial charge < -0.3 is 9.84 Å². The number of hydrogen-bond acceptors (Lipinski definition) is 2. The van der Waals surface area contributed by atoms with Gasteiger partial charge in [-0.2, -0.15) is 0 Å². The molecule has 1 atom stereocenters. The number of fused-ring (bicyclic) bond motifs is 1. The van der Waals surface area contributed by atoms with E-state index in [1.54, 1.807) is 18.2 Å². The van der Waals surface area contributed by atoms with Crippen LogP contribution < -0.4 is 4.74 Å². The van der Waals surface area contributed by atoms with Crippen LogP contribution in [0.5, 0.6) is 5.75 Å². The summed E-state index contributed by atoms with van der Waals surface area (Å²) >= 11 is 12.2. The molecule has 0 spiro atoms. The van der Waals surface area contributed by atoms with Gasteiger partial charge in [0.25, 0.3) is 0 Å². The van der Waals surface area contributed by atoms with Crippen molar-refractivity contribution in [2.75, 3.05) is 6.61 Å². The van der Waals surface area contributed by atoms with Crippen LogP contribution >= 0.6 is 23.2 Å². The smallest absolute Gasteiger partial charge is 0.128 e. The molecule has 20 heavy (non-hydrogen) atoms. The van der Waals surface area contributed by atoms with E-state index in [-0.39, 0.29) is 0 Å². The maximum absolute atomic E-state index is 10.6. The summed E-state index contributed by atoms with van der Waals surface area (Å²) < 4.78 is 5.73. The maximum Gasteiger partial charge on any atom is 0.128 e. The molecule has 3 rings (SSSR count). The predicted octanol–water partition coefficient (Wildman–Crippen LogP) is 4.40. The van der Waals surface area contributed by atoms with Crippen LogP contribution in [0.1, 0.15) is 29.2 Å². The predicted molar refractivity (Wildman–Crippen MR) is 80.8 cm³/mol. The fourth-order valence-corrected chi connectivity index (χ4v) is 2.94. The van der Waals surface area contributed by atoms with Gasteiger partial charge in [-0.1, -0.05) is 53.5 Å². The number of para-hydroxylation sites is 1. The molecule has 1 aliphatic heterocycles. The third-order valence-corrected chi connectivity index (χ3v) is 4.37. The second-order valence-electron chi connectivity index (χ2n) is 4.83. The number of aliphatic hydroxyl groups excluding tert-OH is 1. The topological polar surface area (TPSA) is 29.5 Å². The highest BCUT2D eigenvalue weighted by Gasteiger charge is 2.22. The third-order valence-electron chi connectivity index (χ3n) is 3.53. The average molecular weight is 309 g/mol. The first-order valence-corrected chi connectivity index (χ1v) is 7.30. The summed E-state index contributed by atoms with van der Waals surface area (Å²) in [6.45, 7) is 0.681. The highest BCUT2D eigenvalue weighted by Crippen LogP contribution is 2.39. The molecule has 0 aromatic heterocycles. The van der Waals surface area contributed by atoms with Crippen molar-refractivity contribution in [2.24, 2.45) is 0 Å². The fraction of sp³-hybridized carbons (Fsp3) is 0.250. The van der Waals surface area contributed by atoms with Crippen LogP contribution in [-0.2, 0) is 6.42 Å². The number of aliphatic hydroxyl groups is 1. The van der Waals surface area contributed by atoms with E-state index >= 15 is 0 Å². The summed E-state index contributed by atoms with van der Waals surface area (Å²) in [6, 6.07) is 11.1.